The van der Waals surface area contributed by atoms with Gasteiger partial charge in [0.2, 0.25) is 5.69 Å². The summed E-state index contributed by atoms with van der Waals surface area (Å²) in [7, 11) is -5.03. The van der Waals surface area contributed by atoms with Crippen LogP contribution in [-0.2, 0) is 31.1 Å². The van der Waals surface area contributed by atoms with Crippen LogP contribution in [0.3, 0.4) is 0 Å². The summed E-state index contributed by atoms with van der Waals surface area (Å²) >= 11 is 6.95. The molecule has 0 saturated heterocycles. The molecule has 0 fully saturated rings. The number of halogens is 1. The van der Waals surface area contributed by atoms with E-state index in [2.05, 4.69) is 0 Å². The zero-order valence-corrected chi connectivity index (χ0v) is 30.4. The van der Waals surface area contributed by atoms with E-state index in [1.165, 1.54) is 24.3 Å². The molecule has 2 aromatic carbocycles. The van der Waals surface area contributed by atoms with Crippen molar-refractivity contribution >= 4 is 78.5 Å². The van der Waals surface area contributed by atoms with E-state index >= 15 is 0 Å². The van der Waals surface area contributed by atoms with Gasteiger partial charge in [-0.1, -0.05) is 37.6 Å². The quantitative estimate of drug-likeness (QED) is 0.239. The second-order valence-electron chi connectivity index (χ2n) is 12.3. The summed E-state index contributed by atoms with van der Waals surface area (Å²) in [6.07, 6.45) is 10.6. The summed E-state index contributed by atoms with van der Waals surface area (Å²) < 4.78 is 70.0. The molecule has 0 amide bonds. The second kappa shape index (κ2) is 12.0. The topological polar surface area (TPSA) is 118 Å². The van der Waals surface area contributed by atoms with Gasteiger partial charge < -0.3 is 9.45 Å². The molecule has 229 valence electrons. The largest absolute Gasteiger partial charge is 0.744 e. The Hall–Kier alpha value is -2.02. The van der Waals surface area contributed by atoms with E-state index in [9.17, 15) is 25.9 Å². The Balaban J connectivity index is 0.00000442. The van der Waals surface area contributed by atoms with Gasteiger partial charge in [0.15, 0.2) is 5.71 Å². The van der Waals surface area contributed by atoms with Crippen LogP contribution in [-0.4, -0.2) is 79.9 Å². The summed E-state index contributed by atoms with van der Waals surface area (Å²) in [5.74, 6) is 0. The number of hydrogen-bond donors (Lipinski definition) is 1. The smallest absolute Gasteiger partial charge is 0.294 e. The van der Waals surface area contributed by atoms with Crippen LogP contribution in [0.5, 0.6) is 0 Å². The van der Waals surface area contributed by atoms with E-state index in [1.54, 1.807) is 12.1 Å². The van der Waals surface area contributed by atoms with Gasteiger partial charge in [-0.15, -0.1) is 0 Å². The van der Waals surface area contributed by atoms with Crippen molar-refractivity contribution in [1.82, 2.24) is 0 Å². The van der Waals surface area contributed by atoms with E-state index < -0.39 is 31.1 Å². The van der Waals surface area contributed by atoms with Gasteiger partial charge in [-0.05, 0) is 86.2 Å². The van der Waals surface area contributed by atoms with Crippen molar-refractivity contribution < 1.29 is 30.5 Å². The molecular formula is C32H35ClN2NaO6S2. The summed E-state index contributed by atoms with van der Waals surface area (Å²) in [6, 6.07) is 9.14. The molecule has 44 heavy (non-hydrogen) atoms. The summed E-state index contributed by atoms with van der Waals surface area (Å²) in [5.41, 5.74) is 6.18. The minimum atomic E-state index is -4.57. The number of likely N-dealkylation sites (N-methyl/N-ethyl adjacent to an activating group) is 1. The van der Waals surface area contributed by atoms with Crippen molar-refractivity contribution in [3.8, 4) is 0 Å². The predicted molar refractivity (Wildman–Crippen MR) is 174 cm³/mol. The summed E-state index contributed by atoms with van der Waals surface area (Å²) in [4.78, 5) is 1.66. The minimum absolute atomic E-state index is 0. The average Bonchev–Trinajstić information content (AvgIpc) is 3.23. The maximum atomic E-state index is 11.8. The Labute approximate surface area is 287 Å². The Kier molecular flexibility index (Phi) is 9.48. The van der Waals surface area contributed by atoms with E-state index in [1.807, 2.05) is 75.6 Å². The van der Waals surface area contributed by atoms with Gasteiger partial charge in [-0.2, -0.15) is 13.0 Å². The Morgan fingerprint density at radius 1 is 0.932 bits per heavy atom. The number of benzene rings is 2. The van der Waals surface area contributed by atoms with Crippen molar-refractivity contribution in [3.05, 3.63) is 93.7 Å². The Bertz CT molecular complexity index is 1940. The molecule has 2 heterocycles. The predicted octanol–water partition coefficient (Wildman–Crippen LogP) is 5.93. The number of anilines is 1. The third-order valence-electron chi connectivity index (χ3n) is 8.94. The summed E-state index contributed by atoms with van der Waals surface area (Å²) in [6.45, 7) is 8.04. The monoisotopic (exact) mass is 665 g/mol. The van der Waals surface area contributed by atoms with Gasteiger partial charge in [-0.25, -0.2) is 8.42 Å². The van der Waals surface area contributed by atoms with Crippen LogP contribution < -0.4 is 4.90 Å². The van der Waals surface area contributed by atoms with Crippen LogP contribution in [0.4, 0.5) is 11.4 Å². The van der Waals surface area contributed by atoms with Gasteiger partial charge in [0, 0.05) is 76.1 Å². The molecule has 0 bridgehead atoms. The first-order chi connectivity index (χ1) is 19.8. The molecule has 0 spiro atoms. The van der Waals surface area contributed by atoms with Crippen molar-refractivity contribution in [2.24, 2.45) is 0 Å². The number of nitrogens with zero attached hydrogens (tertiary/aromatic N) is 2. The van der Waals surface area contributed by atoms with Gasteiger partial charge in [0.05, 0.1) is 15.2 Å². The minimum Gasteiger partial charge on any atom is -0.744 e. The van der Waals surface area contributed by atoms with Crippen LogP contribution in [0.25, 0.3) is 0 Å². The molecule has 1 aliphatic carbocycles. The summed E-state index contributed by atoms with van der Waals surface area (Å²) in [5, 5.41) is 0.681. The van der Waals surface area contributed by atoms with E-state index in [0.717, 1.165) is 64.3 Å². The van der Waals surface area contributed by atoms with Crippen molar-refractivity contribution in [2.75, 3.05) is 19.0 Å². The van der Waals surface area contributed by atoms with Crippen LogP contribution in [0.15, 0.2) is 92.4 Å². The van der Waals surface area contributed by atoms with Crippen LogP contribution in [0.2, 0.25) is 0 Å². The van der Waals surface area contributed by atoms with Gasteiger partial charge in [-0.3, -0.25) is 4.55 Å². The van der Waals surface area contributed by atoms with Crippen molar-refractivity contribution in [3.63, 3.8) is 0 Å². The molecule has 0 saturated carbocycles. The molecule has 0 unspecified atom stereocenters. The second-order valence-corrected chi connectivity index (χ2v) is 15.5. The standard InChI is InChI=1S/C32H35ClN2O6S2.Na/c1-31(2)24-18-22(42(36,37)38)12-14-26(24)34(5)28(31)16-10-20-8-7-9-21(30(20)33)11-17-29-32(3,4)25-19-23(43(39,40)41)13-15-27(25)35(29)6;/h10-19H,7-9H2,1-6H3,(H-,36,37,38,39,40,41);. The molecule has 0 aromatic heterocycles. The Morgan fingerprint density at radius 2 is 1.57 bits per heavy atom. The third kappa shape index (κ3) is 6.08. The molecule has 12 heteroatoms. The molecule has 1 radical (unpaired) electrons. The molecule has 5 rings (SSSR count). The van der Waals surface area contributed by atoms with Crippen LogP contribution >= 0.6 is 11.6 Å². The van der Waals surface area contributed by atoms with Crippen LogP contribution in [0, 0.1) is 0 Å². The van der Waals surface area contributed by atoms with Crippen molar-refractivity contribution in [2.45, 2.75) is 67.6 Å². The average molecular weight is 666 g/mol. The molecule has 8 nitrogen and oxygen atoms in total. The zero-order valence-electron chi connectivity index (χ0n) is 26.0. The maximum Gasteiger partial charge on any atom is 0.294 e. The van der Waals surface area contributed by atoms with Gasteiger partial charge >= 0.3 is 0 Å². The van der Waals surface area contributed by atoms with Crippen molar-refractivity contribution in [1.29, 1.82) is 0 Å². The molecule has 3 aliphatic rings. The number of fused-ring (bicyclic) bond motifs is 2. The Morgan fingerprint density at radius 3 is 2.20 bits per heavy atom. The van der Waals surface area contributed by atoms with E-state index in [0.29, 0.717) is 5.03 Å². The number of hydrogen-bond acceptors (Lipinski definition) is 6. The van der Waals surface area contributed by atoms with Gasteiger partial charge in [0.1, 0.15) is 17.2 Å². The molecule has 2 aromatic rings. The molecular weight excluding hydrogens is 631 g/mol. The SMILES string of the molecule is CN1C(=CC=C2CCCC(C=CC3=[N+](C)c4ccc(S(=O)(=O)[O-])cc4C3(C)C)=C2Cl)C(C)(C)c2cc(S(=O)(=O)O)ccc21.[Na]. The first kappa shape index (κ1) is 34.8. The first-order valence-corrected chi connectivity index (χ1v) is 17.1. The zero-order chi connectivity index (χ0) is 31.7. The number of allylic oxidation sites excluding steroid dienone is 8. The first-order valence-electron chi connectivity index (χ1n) is 13.9. The van der Waals surface area contributed by atoms with Gasteiger partial charge in [0.25, 0.3) is 10.1 Å². The molecule has 0 atom stereocenters. The molecule has 1 N–H and O–H groups in total. The van der Waals surface area contributed by atoms with E-state index in [-0.39, 0.29) is 39.3 Å². The third-order valence-corrected chi connectivity index (χ3v) is 11.1. The van der Waals surface area contributed by atoms with Crippen LogP contribution in [0.1, 0.15) is 58.1 Å². The number of rotatable bonds is 5. The molecule has 2 aliphatic heterocycles. The fraction of sp³-hybridized carbons (Fsp3) is 0.344. The maximum absolute atomic E-state index is 11.8. The fourth-order valence-corrected chi connectivity index (χ4v) is 7.83. The normalized spacial score (nSPS) is 21.3. The fourth-order valence-electron chi connectivity index (χ4n) is 6.51. The van der Waals surface area contributed by atoms with E-state index in [4.69, 9.17) is 11.6 Å².